The Bertz CT molecular complexity index is 318. The fraction of sp³-hybridized carbons (Fsp3) is 0.583. The van der Waals surface area contributed by atoms with E-state index in [-0.39, 0.29) is 0 Å². The van der Waals surface area contributed by atoms with Gasteiger partial charge in [-0.1, -0.05) is 0 Å². The minimum absolute atomic E-state index is 0.638. The van der Waals surface area contributed by atoms with Crippen molar-refractivity contribution in [3.63, 3.8) is 0 Å². The summed E-state index contributed by atoms with van der Waals surface area (Å²) in [6, 6.07) is 2.04. The number of aliphatic carboxylic acids is 1. The molecule has 4 heteroatoms. The molecule has 0 spiro atoms. The van der Waals surface area contributed by atoms with Gasteiger partial charge in [0.1, 0.15) is 0 Å². The SMILES string of the molecule is CC(C)(CCNCCc1cc[nH]c1)C(=O)O. The summed E-state index contributed by atoms with van der Waals surface area (Å²) >= 11 is 0. The Kier molecular flexibility index (Phi) is 4.55. The standard InChI is InChI=1S/C12H20N2O2/c1-12(2,11(15)16)5-8-13-6-3-10-4-7-14-9-10/h4,7,9,13-14H,3,5-6,8H2,1-2H3,(H,15,16). The first-order chi connectivity index (χ1) is 7.52. The van der Waals surface area contributed by atoms with E-state index in [1.165, 1.54) is 5.56 Å². The fourth-order valence-electron chi connectivity index (χ4n) is 1.38. The van der Waals surface area contributed by atoms with E-state index in [0.717, 1.165) is 19.5 Å². The minimum atomic E-state index is -0.736. The molecule has 0 bridgehead atoms. The normalized spacial score (nSPS) is 11.6. The molecule has 1 heterocycles. The van der Waals surface area contributed by atoms with Gasteiger partial charge in [-0.25, -0.2) is 0 Å². The number of carbonyl (C=O) groups is 1. The lowest BCUT2D eigenvalue weighted by Gasteiger charge is -2.18. The number of carboxylic acids is 1. The zero-order chi connectivity index (χ0) is 12.0. The first-order valence-corrected chi connectivity index (χ1v) is 5.58. The Labute approximate surface area is 96.1 Å². The lowest BCUT2D eigenvalue weighted by molar-refractivity contribution is -0.147. The van der Waals surface area contributed by atoms with E-state index in [2.05, 4.69) is 10.3 Å². The van der Waals surface area contributed by atoms with Gasteiger partial charge in [-0.05, 0) is 51.4 Å². The van der Waals surface area contributed by atoms with Crippen LogP contribution in [-0.4, -0.2) is 29.1 Å². The van der Waals surface area contributed by atoms with Crippen molar-refractivity contribution in [1.82, 2.24) is 10.3 Å². The molecule has 1 aromatic heterocycles. The maximum Gasteiger partial charge on any atom is 0.309 e. The topological polar surface area (TPSA) is 65.1 Å². The molecule has 0 radical (unpaired) electrons. The first-order valence-electron chi connectivity index (χ1n) is 5.58. The molecule has 3 N–H and O–H groups in total. The van der Waals surface area contributed by atoms with E-state index in [0.29, 0.717) is 6.42 Å². The molecule has 0 aliphatic rings. The molecule has 16 heavy (non-hydrogen) atoms. The number of hydrogen-bond donors (Lipinski definition) is 3. The Hall–Kier alpha value is -1.29. The molecule has 4 nitrogen and oxygen atoms in total. The monoisotopic (exact) mass is 224 g/mol. The summed E-state index contributed by atoms with van der Waals surface area (Å²) < 4.78 is 0. The molecule has 0 amide bonds. The van der Waals surface area contributed by atoms with Gasteiger partial charge in [0, 0.05) is 12.4 Å². The highest BCUT2D eigenvalue weighted by Crippen LogP contribution is 2.19. The quantitative estimate of drug-likeness (QED) is 0.617. The Morgan fingerprint density at radius 3 is 2.81 bits per heavy atom. The van der Waals surface area contributed by atoms with Crippen molar-refractivity contribution in [2.24, 2.45) is 5.41 Å². The smallest absolute Gasteiger partial charge is 0.309 e. The third kappa shape index (κ3) is 4.06. The van der Waals surface area contributed by atoms with Gasteiger partial charge in [0.2, 0.25) is 0 Å². The maximum atomic E-state index is 10.8. The highest BCUT2D eigenvalue weighted by atomic mass is 16.4. The molecule has 0 unspecified atom stereocenters. The Morgan fingerprint density at radius 1 is 1.50 bits per heavy atom. The van der Waals surface area contributed by atoms with Crippen LogP contribution in [0, 0.1) is 5.41 Å². The number of hydrogen-bond acceptors (Lipinski definition) is 2. The van der Waals surface area contributed by atoms with Crippen LogP contribution in [0.25, 0.3) is 0 Å². The molecule has 90 valence electrons. The first kappa shape index (κ1) is 12.8. The van der Waals surface area contributed by atoms with E-state index >= 15 is 0 Å². The van der Waals surface area contributed by atoms with Crippen molar-refractivity contribution in [3.05, 3.63) is 24.0 Å². The van der Waals surface area contributed by atoms with Crippen molar-refractivity contribution in [2.75, 3.05) is 13.1 Å². The number of aromatic nitrogens is 1. The molecule has 0 saturated carbocycles. The predicted octanol–water partition coefficient (Wildman–Crippen LogP) is 1.65. The van der Waals surface area contributed by atoms with E-state index in [1.807, 2.05) is 18.5 Å². The van der Waals surface area contributed by atoms with Crippen molar-refractivity contribution in [3.8, 4) is 0 Å². The van der Waals surface area contributed by atoms with Crippen LogP contribution in [0.3, 0.4) is 0 Å². The molecular formula is C12H20N2O2. The van der Waals surface area contributed by atoms with Crippen LogP contribution in [0.5, 0.6) is 0 Å². The summed E-state index contributed by atoms with van der Waals surface area (Å²) in [7, 11) is 0. The van der Waals surface area contributed by atoms with Crippen LogP contribution >= 0.6 is 0 Å². The molecule has 1 rings (SSSR count). The molecule has 0 atom stereocenters. The van der Waals surface area contributed by atoms with Crippen LogP contribution in [0.2, 0.25) is 0 Å². The second-order valence-electron chi connectivity index (χ2n) is 4.66. The summed E-state index contributed by atoms with van der Waals surface area (Å²) in [6.07, 6.45) is 5.50. The van der Waals surface area contributed by atoms with Gasteiger partial charge < -0.3 is 15.4 Å². The second kappa shape index (κ2) is 5.70. The highest BCUT2D eigenvalue weighted by molar-refractivity contribution is 5.73. The van der Waals surface area contributed by atoms with Gasteiger partial charge in [0.05, 0.1) is 5.41 Å². The lowest BCUT2D eigenvalue weighted by Crippen LogP contribution is -2.29. The van der Waals surface area contributed by atoms with Crippen LogP contribution in [0.15, 0.2) is 18.5 Å². The average Bonchev–Trinajstić information content (AvgIpc) is 2.69. The lowest BCUT2D eigenvalue weighted by atomic mass is 9.90. The molecule has 0 saturated heterocycles. The van der Waals surface area contributed by atoms with E-state index in [4.69, 9.17) is 5.11 Å². The number of rotatable bonds is 7. The number of carboxylic acid groups (broad SMARTS) is 1. The predicted molar refractivity (Wildman–Crippen MR) is 63.4 cm³/mol. The molecular weight excluding hydrogens is 204 g/mol. The molecule has 1 aromatic rings. The second-order valence-corrected chi connectivity index (χ2v) is 4.66. The molecule has 0 aliphatic carbocycles. The third-order valence-electron chi connectivity index (χ3n) is 2.76. The van der Waals surface area contributed by atoms with E-state index in [1.54, 1.807) is 13.8 Å². The molecule has 0 fully saturated rings. The summed E-state index contributed by atoms with van der Waals surface area (Å²) in [6.45, 7) is 5.13. The van der Waals surface area contributed by atoms with Crippen LogP contribution < -0.4 is 5.32 Å². The van der Waals surface area contributed by atoms with Crippen molar-refractivity contribution >= 4 is 5.97 Å². The van der Waals surface area contributed by atoms with Gasteiger partial charge in [-0.15, -0.1) is 0 Å². The van der Waals surface area contributed by atoms with Crippen LogP contribution in [-0.2, 0) is 11.2 Å². The minimum Gasteiger partial charge on any atom is -0.481 e. The van der Waals surface area contributed by atoms with E-state index < -0.39 is 11.4 Å². The Balaban J connectivity index is 2.10. The maximum absolute atomic E-state index is 10.8. The number of nitrogens with one attached hydrogen (secondary N) is 2. The van der Waals surface area contributed by atoms with Gasteiger partial charge in [-0.3, -0.25) is 4.79 Å². The zero-order valence-electron chi connectivity index (χ0n) is 9.92. The summed E-state index contributed by atoms with van der Waals surface area (Å²) in [5.41, 5.74) is 0.631. The fourth-order valence-corrected chi connectivity index (χ4v) is 1.38. The van der Waals surface area contributed by atoms with Crippen molar-refractivity contribution in [2.45, 2.75) is 26.7 Å². The molecule has 0 aromatic carbocycles. The third-order valence-corrected chi connectivity index (χ3v) is 2.76. The Morgan fingerprint density at radius 2 is 2.25 bits per heavy atom. The number of aromatic amines is 1. The van der Waals surface area contributed by atoms with Gasteiger partial charge in [-0.2, -0.15) is 0 Å². The van der Waals surface area contributed by atoms with Gasteiger partial charge >= 0.3 is 5.97 Å². The van der Waals surface area contributed by atoms with Crippen molar-refractivity contribution in [1.29, 1.82) is 0 Å². The largest absolute Gasteiger partial charge is 0.481 e. The van der Waals surface area contributed by atoms with Gasteiger partial charge in [0.15, 0.2) is 0 Å². The van der Waals surface area contributed by atoms with Crippen LogP contribution in [0.1, 0.15) is 25.8 Å². The van der Waals surface area contributed by atoms with E-state index in [9.17, 15) is 4.79 Å². The number of H-pyrrole nitrogens is 1. The highest BCUT2D eigenvalue weighted by Gasteiger charge is 2.25. The van der Waals surface area contributed by atoms with Crippen LogP contribution in [0.4, 0.5) is 0 Å². The summed E-state index contributed by atoms with van der Waals surface area (Å²) in [4.78, 5) is 13.8. The van der Waals surface area contributed by atoms with Gasteiger partial charge in [0.25, 0.3) is 0 Å². The summed E-state index contributed by atoms with van der Waals surface area (Å²) in [5.74, 6) is -0.736. The molecule has 0 aliphatic heterocycles. The summed E-state index contributed by atoms with van der Waals surface area (Å²) in [5, 5.41) is 12.2. The average molecular weight is 224 g/mol. The zero-order valence-corrected chi connectivity index (χ0v) is 9.92. The van der Waals surface area contributed by atoms with Crippen molar-refractivity contribution < 1.29 is 9.90 Å².